The number of esters is 1. The van der Waals surface area contributed by atoms with Crippen LogP contribution >= 0.6 is 0 Å². The van der Waals surface area contributed by atoms with Gasteiger partial charge in [0.05, 0.1) is 13.1 Å². The smallest absolute Gasteiger partial charge is 0.328 e. The number of likely N-dealkylation sites (tertiary alicyclic amines) is 1. The number of carbonyl (C=O) groups excluding carboxylic acids is 2. The minimum Gasteiger partial charge on any atom is -1.00 e. The van der Waals surface area contributed by atoms with Gasteiger partial charge in [-0.15, -0.1) is 0 Å². The molecule has 1 amide bonds. The molecule has 0 spiro atoms. The van der Waals surface area contributed by atoms with Crippen LogP contribution in [0.3, 0.4) is 0 Å². The number of piperidine rings is 4. The fraction of sp³-hybridized carbons (Fsp3) is 0.560. The van der Waals surface area contributed by atoms with Crippen molar-refractivity contribution in [3.8, 4) is 0 Å². The molecule has 1 N–H and O–H groups in total. The topological polar surface area (TPSA) is 84.7 Å². The molecule has 1 aromatic carbocycles. The highest BCUT2D eigenvalue weighted by atomic mass is 35.5. The van der Waals surface area contributed by atoms with Crippen molar-refractivity contribution in [1.29, 1.82) is 0 Å². The van der Waals surface area contributed by atoms with E-state index in [2.05, 4.69) is 15.4 Å². The first-order valence-corrected chi connectivity index (χ1v) is 12.2. The number of hydrogen-bond donors (Lipinski definition) is 1. The van der Waals surface area contributed by atoms with E-state index in [9.17, 15) is 9.59 Å². The molecular formula is C25H33ClN4O4. The van der Waals surface area contributed by atoms with Gasteiger partial charge in [0.2, 0.25) is 0 Å². The Bertz CT molecular complexity index is 941. The lowest BCUT2D eigenvalue weighted by Crippen LogP contribution is -3.00. The fourth-order valence-electron chi connectivity index (χ4n) is 5.86. The molecule has 2 bridgehead atoms. The summed E-state index contributed by atoms with van der Waals surface area (Å²) in [6.45, 7) is 4.79. The number of hydrogen-bond acceptors (Lipinski definition) is 6. The normalized spacial score (nSPS) is 27.4. The largest absolute Gasteiger partial charge is 1.00 e. The van der Waals surface area contributed by atoms with Crippen molar-refractivity contribution in [2.45, 2.75) is 44.2 Å². The van der Waals surface area contributed by atoms with Gasteiger partial charge >= 0.3 is 5.97 Å². The first kappa shape index (κ1) is 24.7. The summed E-state index contributed by atoms with van der Waals surface area (Å²) in [5, 5.41) is 6.58. The maximum atomic E-state index is 13.6. The summed E-state index contributed by atoms with van der Waals surface area (Å²) in [5.41, 5.74) is 1.00. The lowest BCUT2D eigenvalue weighted by atomic mass is 9.83. The number of fused-ring (bicyclic) bond motifs is 3. The van der Waals surface area contributed by atoms with Crippen molar-refractivity contribution < 1.29 is 35.7 Å². The number of amides is 1. The molecule has 2 aromatic rings. The number of rotatable bonds is 7. The molecule has 2 atom stereocenters. The lowest BCUT2D eigenvalue weighted by molar-refractivity contribution is -0.939. The Morgan fingerprint density at radius 1 is 1.12 bits per heavy atom. The average Bonchev–Trinajstić information content (AvgIpc) is 3.34. The van der Waals surface area contributed by atoms with Gasteiger partial charge in [0.25, 0.3) is 5.91 Å². The van der Waals surface area contributed by atoms with E-state index in [1.54, 1.807) is 6.07 Å². The summed E-state index contributed by atoms with van der Waals surface area (Å²) in [6, 6.07) is 11.3. The van der Waals surface area contributed by atoms with E-state index in [-0.39, 0.29) is 36.4 Å². The van der Waals surface area contributed by atoms with Crippen molar-refractivity contribution in [3.05, 3.63) is 48.2 Å². The zero-order chi connectivity index (χ0) is 22.7. The number of anilines is 1. The highest BCUT2D eigenvalue weighted by Gasteiger charge is 2.49. The van der Waals surface area contributed by atoms with E-state index in [1.165, 1.54) is 12.7 Å². The molecule has 4 fully saturated rings. The Morgan fingerprint density at radius 2 is 1.85 bits per heavy atom. The van der Waals surface area contributed by atoms with Gasteiger partial charge in [-0.05, 0) is 31.5 Å². The van der Waals surface area contributed by atoms with Crippen molar-refractivity contribution in [2.24, 2.45) is 5.92 Å². The van der Waals surface area contributed by atoms with Crippen LogP contribution in [0, 0.1) is 5.92 Å². The van der Waals surface area contributed by atoms with E-state index in [1.807, 2.05) is 30.3 Å². The Hall–Kier alpha value is -2.42. The maximum absolute atomic E-state index is 13.6. The number of benzene rings is 1. The molecule has 8 nitrogen and oxygen atoms in total. The number of nitrogens with zero attached hydrogens (tertiary/aromatic N) is 3. The SMILES string of the molecule is O=C(C[N+]12CCC(CC1)[C@@H](OC(=O)[C@H](c1ccccc1)N1CCCCC1)C2)Nc1ccon1.[Cl-]. The van der Waals surface area contributed by atoms with Gasteiger partial charge < -0.3 is 31.5 Å². The Morgan fingerprint density at radius 3 is 2.53 bits per heavy atom. The van der Waals surface area contributed by atoms with Crippen LogP contribution in [0.5, 0.6) is 0 Å². The molecule has 0 radical (unpaired) electrons. The van der Waals surface area contributed by atoms with Crippen LogP contribution < -0.4 is 17.7 Å². The first-order chi connectivity index (χ1) is 16.1. The number of carbonyl (C=O) groups is 2. The Kier molecular flexibility index (Phi) is 7.91. The summed E-state index contributed by atoms with van der Waals surface area (Å²) in [4.78, 5) is 28.5. The van der Waals surface area contributed by atoms with Gasteiger partial charge in [0.15, 0.2) is 18.5 Å². The van der Waals surface area contributed by atoms with E-state index in [0.717, 1.165) is 57.4 Å². The number of aromatic nitrogens is 1. The van der Waals surface area contributed by atoms with E-state index >= 15 is 0 Å². The second-order valence-electron chi connectivity index (χ2n) is 9.79. The molecule has 6 rings (SSSR count). The van der Waals surface area contributed by atoms with Crippen LogP contribution in [0.2, 0.25) is 0 Å². The van der Waals surface area contributed by atoms with Crippen LogP contribution in [-0.4, -0.2) is 71.8 Å². The molecule has 0 saturated carbocycles. The van der Waals surface area contributed by atoms with Gasteiger partial charge in [-0.1, -0.05) is 41.9 Å². The van der Waals surface area contributed by atoms with Crippen LogP contribution in [0.15, 0.2) is 47.2 Å². The first-order valence-electron chi connectivity index (χ1n) is 12.2. The van der Waals surface area contributed by atoms with Crippen LogP contribution in [0.4, 0.5) is 5.82 Å². The zero-order valence-electron chi connectivity index (χ0n) is 19.4. The molecule has 9 heteroatoms. The molecule has 184 valence electrons. The molecule has 5 heterocycles. The van der Waals surface area contributed by atoms with E-state index < -0.39 is 0 Å². The van der Waals surface area contributed by atoms with Crippen LogP contribution in [0.25, 0.3) is 0 Å². The van der Waals surface area contributed by atoms with Gasteiger partial charge in [0.1, 0.15) is 18.8 Å². The minimum atomic E-state index is -0.356. The predicted molar refractivity (Wildman–Crippen MR) is 122 cm³/mol. The second-order valence-corrected chi connectivity index (χ2v) is 9.79. The molecule has 34 heavy (non-hydrogen) atoms. The third kappa shape index (κ3) is 5.45. The molecule has 1 aromatic heterocycles. The van der Waals surface area contributed by atoms with Gasteiger partial charge in [-0.25, -0.2) is 4.79 Å². The van der Waals surface area contributed by atoms with Gasteiger partial charge in [-0.2, -0.15) is 0 Å². The highest BCUT2D eigenvalue weighted by Crippen LogP contribution is 2.37. The fourth-order valence-corrected chi connectivity index (χ4v) is 5.86. The molecule has 4 aliphatic heterocycles. The number of halogens is 1. The monoisotopic (exact) mass is 488 g/mol. The zero-order valence-corrected chi connectivity index (χ0v) is 20.2. The summed E-state index contributed by atoms with van der Waals surface area (Å²) in [7, 11) is 0. The third-order valence-corrected chi connectivity index (χ3v) is 7.59. The standard InChI is InChI=1S/C25H32N4O4.ClH/c30-23(26-22-11-16-32-27-22)18-29-14-9-19(10-15-29)21(17-29)33-25(31)24(20-7-3-1-4-8-20)28-12-5-2-6-13-28;/h1,3-4,7-8,11,16,19,21,24H,2,5-6,9-10,12-15,17-18H2;1H/t19?,21-,24-,29?;/m0./s1. The summed E-state index contributed by atoms with van der Waals surface area (Å²) in [5.74, 6) is 0.586. The predicted octanol–water partition coefficient (Wildman–Crippen LogP) is -0.00350. The summed E-state index contributed by atoms with van der Waals surface area (Å²) in [6.07, 6.45) is 6.70. The van der Waals surface area contributed by atoms with Crippen molar-refractivity contribution in [1.82, 2.24) is 10.1 Å². The molecular weight excluding hydrogens is 456 g/mol. The highest BCUT2D eigenvalue weighted by molar-refractivity contribution is 5.90. The van der Waals surface area contributed by atoms with Crippen molar-refractivity contribution >= 4 is 17.7 Å². The minimum absolute atomic E-state index is 0. The molecule has 4 saturated heterocycles. The summed E-state index contributed by atoms with van der Waals surface area (Å²) < 4.78 is 11.7. The summed E-state index contributed by atoms with van der Waals surface area (Å²) >= 11 is 0. The maximum Gasteiger partial charge on any atom is 0.328 e. The van der Waals surface area contributed by atoms with Gasteiger partial charge in [-0.3, -0.25) is 9.69 Å². The van der Waals surface area contributed by atoms with Gasteiger partial charge in [0, 0.05) is 24.8 Å². The van der Waals surface area contributed by atoms with Crippen molar-refractivity contribution in [2.75, 3.05) is 44.6 Å². The quantitative estimate of drug-likeness (QED) is 0.436. The molecule has 4 aliphatic rings. The third-order valence-electron chi connectivity index (χ3n) is 7.59. The number of quaternary nitrogens is 1. The van der Waals surface area contributed by atoms with E-state index in [0.29, 0.717) is 29.3 Å². The average molecular weight is 489 g/mol. The van der Waals surface area contributed by atoms with Crippen molar-refractivity contribution in [3.63, 3.8) is 0 Å². The molecule has 0 unspecified atom stereocenters. The van der Waals surface area contributed by atoms with E-state index in [4.69, 9.17) is 9.26 Å². The lowest BCUT2D eigenvalue weighted by Gasteiger charge is -2.51. The van der Waals surface area contributed by atoms with Crippen LogP contribution in [0.1, 0.15) is 43.7 Å². The Balaban J connectivity index is 0.00000274. The number of nitrogens with one attached hydrogen (secondary N) is 1. The number of ether oxygens (including phenoxy) is 1. The second kappa shape index (κ2) is 10.9. The molecule has 0 aliphatic carbocycles. The Labute approximate surface area is 206 Å². The van der Waals surface area contributed by atoms with Crippen LogP contribution in [-0.2, 0) is 14.3 Å².